The molecule has 0 aliphatic carbocycles. The van der Waals surface area contributed by atoms with Gasteiger partial charge < -0.3 is 4.74 Å². The summed E-state index contributed by atoms with van der Waals surface area (Å²) in [5.74, 6) is -0.688. The van der Waals surface area contributed by atoms with E-state index in [1.54, 1.807) is 60.8 Å². The fraction of sp³-hybridized carbons (Fsp3) is 0. The number of halogens is 1. The first-order valence-electron chi connectivity index (χ1n) is 7.76. The van der Waals surface area contributed by atoms with Gasteiger partial charge in [-0.3, -0.25) is 4.98 Å². The van der Waals surface area contributed by atoms with Crippen molar-refractivity contribution in [1.29, 1.82) is 5.26 Å². The molecule has 0 N–H and O–H groups in total. The van der Waals surface area contributed by atoms with Gasteiger partial charge >= 0.3 is 5.97 Å². The number of allylic oxidation sites excluding steroid dienone is 1. The molecule has 0 saturated heterocycles. The van der Waals surface area contributed by atoms with Crippen LogP contribution in [-0.2, 0) is 0 Å². The first kappa shape index (κ1) is 17.1. The third-order valence-corrected chi connectivity index (χ3v) is 3.56. The van der Waals surface area contributed by atoms with Crippen LogP contribution in [-0.4, -0.2) is 11.0 Å². The second kappa shape index (κ2) is 7.86. The van der Waals surface area contributed by atoms with E-state index in [-0.39, 0.29) is 11.1 Å². The zero-order chi connectivity index (χ0) is 18.4. The molecule has 2 aromatic carbocycles. The van der Waals surface area contributed by atoms with Gasteiger partial charge in [0.25, 0.3) is 0 Å². The minimum absolute atomic E-state index is 0.179. The molecule has 3 aromatic rings. The van der Waals surface area contributed by atoms with Crippen LogP contribution in [0.25, 0.3) is 11.6 Å². The van der Waals surface area contributed by atoms with Crippen LogP contribution in [0.4, 0.5) is 4.39 Å². The molecule has 3 rings (SSSR count). The summed E-state index contributed by atoms with van der Waals surface area (Å²) in [5, 5.41) is 9.35. The maximum atomic E-state index is 13.9. The Morgan fingerprint density at radius 2 is 1.96 bits per heavy atom. The van der Waals surface area contributed by atoms with Crippen molar-refractivity contribution >= 4 is 17.6 Å². The molecule has 0 unspecified atom stereocenters. The minimum Gasteiger partial charge on any atom is -0.423 e. The van der Waals surface area contributed by atoms with E-state index in [9.17, 15) is 14.4 Å². The van der Waals surface area contributed by atoms with Crippen molar-refractivity contribution in [2.45, 2.75) is 0 Å². The molecule has 1 heterocycles. The fourth-order valence-electron chi connectivity index (χ4n) is 2.33. The average Bonchev–Trinajstić information content (AvgIpc) is 2.68. The molecule has 5 heteroatoms. The van der Waals surface area contributed by atoms with Gasteiger partial charge in [-0.25, -0.2) is 9.18 Å². The van der Waals surface area contributed by atoms with Crippen LogP contribution in [0, 0.1) is 17.1 Å². The van der Waals surface area contributed by atoms with Crippen molar-refractivity contribution in [3.05, 3.63) is 95.6 Å². The number of rotatable bonds is 4. The Morgan fingerprint density at radius 3 is 2.69 bits per heavy atom. The number of aromatic nitrogens is 1. The number of carbonyl (C=O) groups is 1. The molecule has 126 valence electrons. The Labute approximate surface area is 149 Å². The SMILES string of the molecule is N#C/C(=C/c1cccc(OC(=O)c2cccnc2)c1)c1ccccc1F. The second-order valence-corrected chi connectivity index (χ2v) is 5.35. The number of ether oxygens (including phenoxy) is 1. The summed E-state index contributed by atoms with van der Waals surface area (Å²) in [6.07, 6.45) is 4.52. The van der Waals surface area contributed by atoms with Crippen molar-refractivity contribution < 1.29 is 13.9 Å². The Balaban J connectivity index is 1.86. The second-order valence-electron chi connectivity index (χ2n) is 5.35. The predicted octanol–water partition coefficient (Wildman–Crippen LogP) is 4.50. The highest BCUT2D eigenvalue weighted by atomic mass is 19.1. The Morgan fingerprint density at radius 1 is 1.12 bits per heavy atom. The highest BCUT2D eigenvalue weighted by molar-refractivity contribution is 5.91. The minimum atomic E-state index is -0.533. The summed E-state index contributed by atoms with van der Waals surface area (Å²) >= 11 is 0. The van der Waals surface area contributed by atoms with Gasteiger partial charge in [-0.05, 0) is 42.0 Å². The maximum Gasteiger partial charge on any atom is 0.345 e. The summed E-state index contributed by atoms with van der Waals surface area (Å²) in [7, 11) is 0. The largest absolute Gasteiger partial charge is 0.423 e. The number of benzene rings is 2. The molecule has 0 amide bonds. The lowest BCUT2D eigenvalue weighted by atomic mass is 10.0. The third kappa shape index (κ3) is 4.00. The predicted molar refractivity (Wildman–Crippen MR) is 95.5 cm³/mol. The van der Waals surface area contributed by atoms with Crippen LogP contribution >= 0.6 is 0 Å². The molecule has 4 nitrogen and oxygen atoms in total. The van der Waals surface area contributed by atoms with Crippen LogP contribution in [0.2, 0.25) is 0 Å². The Hall–Kier alpha value is -3.78. The van der Waals surface area contributed by atoms with Crippen molar-refractivity contribution in [1.82, 2.24) is 4.98 Å². The number of hydrogen-bond donors (Lipinski definition) is 0. The number of carbonyl (C=O) groups excluding carboxylic acids is 1. The number of pyridine rings is 1. The lowest BCUT2D eigenvalue weighted by molar-refractivity contribution is 0.0734. The zero-order valence-electron chi connectivity index (χ0n) is 13.6. The van der Waals surface area contributed by atoms with Gasteiger partial charge in [-0.15, -0.1) is 0 Å². The number of hydrogen-bond acceptors (Lipinski definition) is 4. The number of esters is 1. The topological polar surface area (TPSA) is 63.0 Å². The van der Waals surface area contributed by atoms with Gasteiger partial charge in [0.05, 0.1) is 17.2 Å². The molecule has 0 atom stereocenters. The van der Waals surface area contributed by atoms with E-state index in [2.05, 4.69) is 4.98 Å². The molecule has 0 spiro atoms. The molecule has 0 fully saturated rings. The Kier molecular flexibility index (Phi) is 5.16. The fourth-order valence-corrected chi connectivity index (χ4v) is 2.33. The van der Waals surface area contributed by atoms with E-state index in [1.165, 1.54) is 18.3 Å². The maximum absolute atomic E-state index is 13.9. The molecule has 0 aliphatic rings. The molecular weight excluding hydrogens is 331 g/mol. The smallest absolute Gasteiger partial charge is 0.345 e. The van der Waals surface area contributed by atoms with Gasteiger partial charge in [0.2, 0.25) is 0 Å². The first-order valence-corrected chi connectivity index (χ1v) is 7.76. The van der Waals surface area contributed by atoms with E-state index in [4.69, 9.17) is 4.74 Å². The third-order valence-electron chi connectivity index (χ3n) is 3.56. The van der Waals surface area contributed by atoms with Gasteiger partial charge in [-0.1, -0.05) is 30.3 Å². The van der Waals surface area contributed by atoms with E-state index >= 15 is 0 Å². The van der Waals surface area contributed by atoms with Gasteiger partial charge in [0.15, 0.2) is 0 Å². The van der Waals surface area contributed by atoms with E-state index in [0.29, 0.717) is 16.9 Å². The van der Waals surface area contributed by atoms with Crippen molar-refractivity contribution in [2.75, 3.05) is 0 Å². The normalized spacial score (nSPS) is 10.8. The molecule has 0 saturated carbocycles. The van der Waals surface area contributed by atoms with Crippen LogP contribution in [0.5, 0.6) is 5.75 Å². The van der Waals surface area contributed by atoms with Gasteiger partial charge in [0, 0.05) is 18.0 Å². The van der Waals surface area contributed by atoms with Crippen molar-refractivity contribution in [3.63, 3.8) is 0 Å². The van der Waals surface area contributed by atoms with Crippen LogP contribution in [0.3, 0.4) is 0 Å². The number of nitriles is 1. The number of nitrogens with zero attached hydrogens (tertiary/aromatic N) is 2. The average molecular weight is 344 g/mol. The van der Waals surface area contributed by atoms with E-state index in [1.807, 2.05) is 6.07 Å². The standard InChI is InChI=1S/C21H13FN2O2/c22-20-9-2-1-8-19(20)17(13-23)11-15-5-3-7-18(12-15)26-21(25)16-6-4-10-24-14-16/h1-12,14H/b17-11-. The van der Waals surface area contributed by atoms with E-state index < -0.39 is 11.8 Å². The molecule has 0 bridgehead atoms. The zero-order valence-corrected chi connectivity index (χ0v) is 13.6. The van der Waals surface area contributed by atoms with Crippen molar-refractivity contribution in [2.24, 2.45) is 0 Å². The van der Waals surface area contributed by atoms with Crippen LogP contribution in [0.1, 0.15) is 21.5 Å². The highest BCUT2D eigenvalue weighted by Gasteiger charge is 2.10. The summed E-state index contributed by atoms with van der Waals surface area (Å²) in [4.78, 5) is 16.0. The van der Waals surface area contributed by atoms with Crippen molar-refractivity contribution in [3.8, 4) is 11.8 Å². The summed E-state index contributed by atoms with van der Waals surface area (Å²) < 4.78 is 19.2. The van der Waals surface area contributed by atoms with Crippen LogP contribution < -0.4 is 4.74 Å². The van der Waals surface area contributed by atoms with E-state index in [0.717, 1.165) is 0 Å². The Bertz CT molecular complexity index is 1010. The van der Waals surface area contributed by atoms with Crippen LogP contribution in [0.15, 0.2) is 73.1 Å². The molecule has 26 heavy (non-hydrogen) atoms. The van der Waals surface area contributed by atoms with Gasteiger partial charge in [0.1, 0.15) is 11.6 Å². The molecule has 0 radical (unpaired) electrons. The summed E-state index contributed by atoms with van der Waals surface area (Å²) in [6.45, 7) is 0. The first-order chi connectivity index (χ1) is 12.7. The quantitative estimate of drug-likeness (QED) is 0.302. The molecule has 1 aromatic heterocycles. The van der Waals surface area contributed by atoms with Gasteiger partial charge in [-0.2, -0.15) is 5.26 Å². The summed E-state index contributed by atoms with van der Waals surface area (Å²) in [6, 6.07) is 18.0. The monoisotopic (exact) mass is 344 g/mol. The lowest BCUT2D eigenvalue weighted by Gasteiger charge is -2.06. The molecule has 0 aliphatic heterocycles. The molecular formula is C21H13FN2O2. The summed E-state index contributed by atoms with van der Waals surface area (Å²) in [5.41, 5.74) is 1.34. The lowest BCUT2D eigenvalue weighted by Crippen LogP contribution is -2.08. The highest BCUT2D eigenvalue weighted by Crippen LogP contribution is 2.23.